The Bertz CT molecular complexity index is 1930. The standard InChI is InChI=1S/C46H48N2O4/c1-9-47(28-33(4)45(51)40-24-16-18-31(2)26-40)42(36(7)46(52)41-25-17-19-32(3)27-41)37(8)48(29-34(5)43(49)38-20-12-10-13-21-38)30-35(6)44(50)39-22-14-11-15-23-39/h10-27,37,42H,4-7,9,28-30H2,1-3,8H3. The molecule has 0 saturated heterocycles. The average Bonchev–Trinajstić information content (AvgIpc) is 3.16. The highest BCUT2D eigenvalue weighted by molar-refractivity contribution is 6.11. The molecule has 52 heavy (non-hydrogen) atoms. The second kappa shape index (κ2) is 18.1. The first-order chi connectivity index (χ1) is 24.8. The first-order valence-electron chi connectivity index (χ1n) is 17.4. The van der Waals surface area contributed by atoms with Gasteiger partial charge in [0.2, 0.25) is 0 Å². The van der Waals surface area contributed by atoms with Crippen LogP contribution in [0, 0.1) is 13.8 Å². The van der Waals surface area contributed by atoms with Gasteiger partial charge in [-0.15, -0.1) is 0 Å². The summed E-state index contributed by atoms with van der Waals surface area (Å²) in [5, 5.41) is 0. The Kier molecular flexibility index (Phi) is 13.6. The lowest BCUT2D eigenvalue weighted by Gasteiger charge is -2.42. The highest BCUT2D eigenvalue weighted by atomic mass is 16.1. The summed E-state index contributed by atoms with van der Waals surface area (Å²) in [4.78, 5) is 59.0. The fourth-order valence-corrected chi connectivity index (χ4v) is 6.40. The van der Waals surface area contributed by atoms with Crippen LogP contribution in [0.25, 0.3) is 0 Å². The Morgan fingerprint density at radius 3 is 1.29 bits per heavy atom. The molecule has 2 atom stereocenters. The molecule has 2 unspecified atom stereocenters. The summed E-state index contributed by atoms with van der Waals surface area (Å²) in [6.45, 7) is 25.4. The van der Waals surface area contributed by atoms with Gasteiger partial charge in [0, 0.05) is 70.2 Å². The van der Waals surface area contributed by atoms with Gasteiger partial charge in [0.1, 0.15) is 0 Å². The van der Waals surface area contributed by atoms with Gasteiger partial charge in [-0.1, -0.05) is 141 Å². The molecule has 4 aromatic rings. The molecule has 0 fully saturated rings. The fourth-order valence-electron chi connectivity index (χ4n) is 6.40. The van der Waals surface area contributed by atoms with Crippen LogP contribution < -0.4 is 0 Å². The maximum absolute atomic E-state index is 14.2. The average molecular weight is 693 g/mol. The van der Waals surface area contributed by atoms with Crippen LogP contribution in [0.4, 0.5) is 0 Å². The third kappa shape index (κ3) is 9.81. The molecule has 6 nitrogen and oxygen atoms in total. The molecule has 0 aliphatic heterocycles. The van der Waals surface area contributed by atoms with Crippen LogP contribution in [0.1, 0.15) is 66.4 Å². The number of rotatable bonds is 19. The summed E-state index contributed by atoms with van der Waals surface area (Å²) in [5.74, 6) is -0.889. The van der Waals surface area contributed by atoms with Crippen molar-refractivity contribution in [2.45, 2.75) is 39.8 Å². The van der Waals surface area contributed by atoms with Crippen molar-refractivity contribution in [3.05, 3.63) is 191 Å². The van der Waals surface area contributed by atoms with Gasteiger partial charge in [0.25, 0.3) is 0 Å². The van der Waals surface area contributed by atoms with E-state index in [4.69, 9.17) is 0 Å². The van der Waals surface area contributed by atoms with Crippen LogP contribution in [-0.4, -0.2) is 71.2 Å². The van der Waals surface area contributed by atoms with Crippen molar-refractivity contribution in [3.8, 4) is 0 Å². The SMILES string of the molecule is C=C(CN(CC(=C)C(=O)c1ccccc1)C(C)C(C(=C)C(=O)c1cccc(C)c1)N(CC)CC(=C)C(=O)c1cccc(C)c1)C(=O)c1ccccc1. The quantitative estimate of drug-likeness (QED) is 0.0723. The van der Waals surface area contributed by atoms with Crippen molar-refractivity contribution in [2.24, 2.45) is 0 Å². The highest BCUT2D eigenvalue weighted by Gasteiger charge is 2.35. The maximum Gasteiger partial charge on any atom is 0.190 e. The fraction of sp³-hybridized carbons (Fsp3) is 0.217. The largest absolute Gasteiger partial charge is 0.291 e. The molecule has 0 aromatic heterocycles. The van der Waals surface area contributed by atoms with Gasteiger partial charge < -0.3 is 0 Å². The van der Waals surface area contributed by atoms with Gasteiger partial charge in [-0.05, 0) is 39.4 Å². The number of hydrogen-bond acceptors (Lipinski definition) is 6. The molecule has 0 amide bonds. The summed E-state index contributed by atoms with van der Waals surface area (Å²) in [7, 11) is 0. The molecule has 0 aliphatic carbocycles. The second-order valence-corrected chi connectivity index (χ2v) is 13.3. The van der Waals surface area contributed by atoms with Gasteiger partial charge in [-0.25, -0.2) is 0 Å². The van der Waals surface area contributed by atoms with E-state index >= 15 is 0 Å². The van der Waals surface area contributed by atoms with E-state index in [1.807, 2.05) is 86.0 Å². The van der Waals surface area contributed by atoms with Crippen LogP contribution in [-0.2, 0) is 0 Å². The van der Waals surface area contributed by atoms with E-state index in [1.165, 1.54) is 0 Å². The number of ketones is 4. The van der Waals surface area contributed by atoms with Crippen molar-refractivity contribution in [1.82, 2.24) is 9.80 Å². The zero-order chi connectivity index (χ0) is 37.9. The molecule has 0 saturated carbocycles. The summed E-state index contributed by atoms with van der Waals surface area (Å²) in [6.07, 6.45) is 0. The number of benzene rings is 4. The van der Waals surface area contributed by atoms with Gasteiger partial charge >= 0.3 is 0 Å². The Labute approximate surface area is 308 Å². The molecule has 0 spiro atoms. The number of nitrogens with zero attached hydrogens (tertiary/aromatic N) is 2. The number of carbonyl (C=O) groups excluding carboxylic acids is 4. The first-order valence-corrected chi connectivity index (χ1v) is 17.4. The van der Waals surface area contributed by atoms with E-state index in [0.29, 0.717) is 51.1 Å². The van der Waals surface area contributed by atoms with Gasteiger partial charge in [0.05, 0.1) is 6.04 Å². The topological polar surface area (TPSA) is 74.8 Å². The Morgan fingerprint density at radius 1 is 0.519 bits per heavy atom. The Balaban J connectivity index is 1.76. The van der Waals surface area contributed by atoms with E-state index < -0.39 is 12.1 Å². The van der Waals surface area contributed by atoms with Crippen LogP contribution in [0.3, 0.4) is 0 Å². The van der Waals surface area contributed by atoms with Crippen molar-refractivity contribution >= 4 is 23.1 Å². The molecular weight excluding hydrogens is 645 g/mol. The van der Waals surface area contributed by atoms with Crippen LogP contribution in [0.5, 0.6) is 0 Å². The normalized spacial score (nSPS) is 12.2. The van der Waals surface area contributed by atoms with E-state index in [-0.39, 0.29) is 42.8 Å². The van der Waals surface area contributed by atoms with Crippen molar-refractivity contribution in [2.75, 3.05) is 26.2 Å². The molecule has 0 bridgehead atoms. The lowest BCUT2D eigenvalue weighted by Crippen LogP contribution is -2.54. The van der Waals surface area contributed by atoms with E-state index in [2.05, 4.69) is 26.3 Å². The molecule has 0 N–H and O–H groups in total. The Morgan fingerprint density at radius 2 is 0.885 bits per heavy atom. The molecule has 6 heteroatoms. The van der Waals surface area contributed by atoms with Gasteiger partial charge in [-0.2, -0.15) is 0 Å². The predicted molar refractivity (Wildman–Crippen MR) is 211 cm³/mol. The second-order valence-electron chi connectivity index (χ2n) is 13.3. The zero-order valence-corrected chi connectivity index (χ0v) is 30.7. The number of likely N-dealkylation sites (N-methyl/N-ethyl adjacent to an activating group) is 1. The van der Waals surface area contributed by atoms with Crippen molar-refractivity contribution in [3.63, 3.8) is 0 Å². The third-order valence-electron chi connectivity index (χ3n) is 9.26. The number of hydrogen-bond donors (Lipinski definition) is 0. The minimum absolute atomic E-state index is 0.0825. The zero-order valence-electron chi connectivity index (χ0n) is 30.7. The third-order valence-corrected chi connectivity index (χ3v) is 9.26. The highest BCUT2D eigenvalue weighted by Crippen LogP contribution is 2.26. The summed E-state index contributed by atoms with van der Waals surface area (Å²) in [5.41, 5.74) is 5.21. The summed E-state index contributed by atoms with van der Waals surface area (Å²) >= 11 is 0. The number of carbonyl (C=O) groups is 4. The minimum atomic E-state index is -0.667. The van der Waals surface area contributed by atoms with E-state index in [1.54, 1.807) is 60.7 Å². The van der Waals surface area contributed by atoms with Crippen molar-refractivity contribution in [1.29, 1.82) is 0 Å². The van der Waals surface area contributed by atoms with Gasteiger partial charge in [-0.3, -0.25) is 29.0 Å². The first kappa shape index (κ1) is 39.2. The lowest BCUT2D eigenvalue weighted by molar-refractivity contribution is 0.0886. The molecule has 0 radical (unpaired) electrons. The molecule has 0 heterocycles. The van der Waals surface area contributed by atoms with E-state index in [0.717, 1.165) is 11.1 Å². The van der Waals surface area contributed by atoms with Crippen LogP contribution >= 0.6 is 0 Å². The van der Waals surface area contributed by atoms with E-state index in [9.17, 15) is 19.2 Å². The monoisotopic (exact) mass is 692 g/mol. The Hall–Kier alpha value is -5.56. The minimum Gasteiger partial charge on any atom is -0.291 e. The molecule has 4 rings (SSSR count). The number of Topliss-reactive ketones (excluding diaryl/α,β-unsaturated/α-hetero) is 4. The number of aryl methyl sites for hydroxylation is 2. The lowest BCUT2D eigenvalue weighted by atomic mass is 9.90. The summed E-state index contributed by atoms with van der Waals surface area (Å²) in [6, 6.07) is 31.3. The van der Waals surface area contributed by atoms with Crippen LogP contribution in [0.2, 0.25) is 0 Å². The molecule has 0 aliphatic rings. The molecule has 266 valence electrons. The smallest absolute Gasteiger partial charge is 0.190 e. The van der Waals surface area contributed by atoms with Gasteiger partial charge in [0.15, 0.2) is 23.1 Å². The summed E-state index contributed by atoms with van der Waals surface area (Å²) < 4.78 is 0. The maximum atomic E-state index is 14.2. The molecular formula is C46H48N2O4. The molecule has 4 aromatic carbocycles. The predicted octanol–water partition coefficient (Wildman–Crippen LogP) is 8.74. The van der Waals surface area contributed by atoms with Crippen molar-refractivity contribution < 1.29 is 19.2 Å². The van der Waals surface area contributed by atoms with Crippen LogP contribution in [0.15, 0.2) is 158 Å².